The Labute approximate surface area is 53.1 Å². The van der Waals surface area contributed by atoms with Crippen molar-refractivity contribution >= 4 is 0 Å². The van der Waals surface area contributed by atoms with E-state index in [0.717, 1.165) is 0 Å². The third-order valence-electron chi connectivity index (χ3n) is 0.904. The highest BCUT2D eigenvalue weighted by atomic mass is 19.1. The van der Waals surface area contributed by atoms with Crippen LogP contribution in [0.15, 0.2) is 18.2 Å². The second kappa shape index (κ2) is 2.49. The molecule has 0 saturated heterocycles. The van der Waals surface area contributed by atoms with Crippen molar-refractivity contribution < 1.29 is 9.13 Å². The zero-order valence-electron chi connectivity index (χ0n) is 4.73. The lowest BCUT2D eigenvalue weighted by atomic mass is 10.3. The van der Waals surface area contributed by atoms with Crippen molar-refractivity contribution in [1.29, 1.82) is 0 Å². The molecule has 2 radical (unpaired) electrons. The van der Waals surface area contributed by atoms with Gasteiger partial charge in [0.15, 0.2) is 0 Å². The van der Waals surface area contributed by atoms with E-state index in [1.807, 2.05) is 0 Å². The predicted octanol–water partition coefficient (Wildman–Crippen LogP) is 1.80. The maximum atomic E-state index is 12.2. The Bertz CT molecular complexity index is 198. The molecular weight excluding hydrogens is 119 g/mol. The van der Waals surface area contributed by atoms with Crippen LogP contribution in [0.3, 0.4) is 0 Å². The van der Waals surface area contributed by atoms with Gasteiger partial charge in [-0.1, -0.05) is 0 Å². The minimum absolute atomic E-state index is 0.409. The summed E-state index contributed by atoms with van der Waals surface area (Å²) in [6.45, 7) is 0. The summed E-state index contributed by atoms with van der Waals surface area (Å²) in [6, 6.07) is 6.57. The number of rotatable bonds is 1. The number of hydrogen-bond donors (Lipinski definition) is 0. The van der Waals surface area contributed by atoms with Gasteiger partial charge < -0.3 is 4.74 Å². The van der Waals surface area contributed by atoms with Crippen molar-refractivity contribution in [3.8, 4) is 5.75 Å². The molecule has 0 saturated carbocycles. The summed E-state index contributed by atoms with van der Waals surface area (Å²) in [7, 11) is 3.12. The van der Waals surface area contributed by atoms with Crippen LogP contribution in [0.1, 0.15) is 0 Å². The lowest BCUT2D eigenvalue weighted by molar-refractivity contribution is 0.467. The van der Waals surface area contributed by atoms with Gasteiger partial charge in [-0.2, -0.15) is 0 Å². The van der Waals surface area contributed by atoms with Crippen LogP contribution in [0.5, 0.6) is 5.75 Å². The molecule has 0 bridgehead atoms. The molecule has 1 nitrogen and oxygen atoms in total. The molecule has 1 aromatic rings. The van der Waals surface area contributed by atoms with Gasteiger partial charge in [0.05, 0.1) is 0 Å². The van der Waals surface area contributed by atoms with Gasteiger partial charge in [0.2, 0.25) is 0 Å². The molecule has 0 N–H and O–H groups in total. The van der Waals surface area contributed by atoms with Crippen LogP contribution in [-0.4, -0.2) is 0 Å². The zero-order valence-corrected chi connectivity index (χ0v) is 4.73. The number of benzene rings is 1. The smallest absolute Gasteiger partial charge is 0.134 e. The lowest BCUT2D eigenvalue weighted by Gasteiger charge is -1.95. The van der Waals surface area contributed by atoms with Crippen molar-refractivity contribution in [2.24, 2.45) is 0 Å². The van der Waals surface area contributed by atoms with Gasteiger partial charge in [0.25, 0.3) is 0 Å². The summed E-state index contributed by atoms with van der Waals surface area (Å²) in [4.78, 5) is 0. The molecule has 0 atom stereocenters. The Balaban J connectivity index is 2.94. The Morgan fingerprint density at radius 3 is 2.89 bits per heavy atom. The van der Waals surface area contributed by atoms with Crippen LogP contribution in [-0.2, 0) is 0 Å². The monoisotopic (exact) mass is 124 g/mol. The quantitative estimate of drug-likeness (QED) is 0.554. The predicted molar refractivity (Wildman–Crippen MR) is 31.2 cm³/mol. The fourth-order valence-corrected chi connectivity index (χ4v) is 0.508. The second-order valence-corrected chi connectivity index (χ2v) is 1.52. The summed E-state index contributed by atoms with van der Waals surface area (Å²) in [5.41, 5.74) is 0. The molecule has 0 aliphatic rings. The van der Waals surface area contributed by atoms with E-state index in [2.05, 4.69) is 17.9 Å². The van der Waals surface area contributed by atoms with Crippen LogP contribution < -0.4 is 4.74 Å². The second-order valence-electron chi connectivity index (χ2n) is 1.52. The first-order chi connectivity index (χ1) is 4.33. The topological polar surface area (TPSA) is 9.23 Å². The third-order valence-corrected chi connectivity index (χ3v) is 0.904. The fraction of sp³-hybridized carbons (Fsp3) is 0. The molecule has 0 aliphatic carbocycles. The number of halogens is 1. The van der Waals surface area contributed by atoms with Gasteiger partial charge in [0, 0.05) is 12.1 Å². The average molecular weight is 124 g/mol. The van der Waals surface area contributed by atoms with E-state index in [4.69, 9.17) is 0 Å². The van der Waals surface area contributed by atoms with Gasteiger partial charge in [-0.3, -0.25) is 0 Å². The van der Waals surface area contributed by atoms with E-state index >= 15 is 0 Å². The highest BCUT2D eigenvalue weighted by Gasteiger charge is 1.90. The van der Waals surface area contributed by atoms with Crippen LogP contribution in [0.25, 0.3) is 0 Å². The minimum Gasteiger partial charge on any atom is -0.490 e. The van der Waals surface area contributed by atoms with E-state index < -0.39 is 5.82 Å². The molecule has 0 spiro atoms. The molecule has 1 aromatic carbocycles. The third kappa shape index (κ3) is 1.42. The summed E-state index contributed by atoms with van der Waals surface area (Å²) in [5.74, 6) is -0.0256. The van der Waals surface area contributed by atoms with Crippen molar-refractivity contribution in [2.75, 3.05) is 0 Å². The molecule has 0 heterocycles. The standard InChI is InChI=1S/C7H5FO/c1-9-7-4-2-3-6(8)5-7/h2,4-5H,1H2. The fourth-order valence-electron chi connectivity index (χ4n) is 0.508. The summed E-state index contributed by atoms with van der Waals surface area (Å²) in [5, 5.41) is 0. The normalized spacial score (nSPS) is 9.11. The molecule has 2 heteroatoms. The Kier molecular flexibility index (Phi) is 1.68. The highest BCUT2D eigenvalue weighted by Crippen LogP contribution is 2.09. The maximum Gasteiger partial charge on any atom is 0.134 e. The Hall–Kier alpha value is -1.05. The van der Waals surface area contributed by atoms with E-state index in [0.29, 0.717) is 5.75 Å². The maximum absolute atomic E-state index is 12.2. The van der Waals surface area contributed by atoms with Crippen LogP contribution in [0, 0.1) is 19.0 Å². The van der Waals surface area contributed by atoms with E-state index in [9.17, 15) is 4.39 Å². The number of ether oxygens (including phenoxy) is 1. The molecule has 0 fully saturated rings. The van der Waals surface area contributed by atoms with E-state index in [1.54, 1.807) is 6.07 Å². The van der Waals surface area contributed by atoms with Crippen molar-refractivity contribution in [1.82, 2.24) is 0 Å². The highest BCUT2D eigenvalue weighted by molar-refractivity contribution is 5.21. The molecule has 0 amide bonds. The largest absolute Gasteiger partial charge is 0.490 e. The van der Waals surface area contributed by atoms with E-state index in [-0.39, 0.29) is 0 Å². The summed E-state index contributed by atoms with van der Waals surface area (Å²) in [6.07, 6.45) is 0. The molecule has 0 unspecified atom stereocenters. The first-order valence-electron chi connectivity index (χ1n) is 2.42. The van der Waals surface area contributed by atoms with E-state index in [1.165, 1.54) is 12.1 Å². The van der Waals surface area contributed by atoms with Crippen LogP contribution in [0.2, 0.25) is 0 Å². The Morgan fingerprint density at radius 1 is 1.67 bits per heavy atom. The van der Waals surface area contributed by atoms with Gasteiger partial charge in [0.1, 0.15) is 18.7 Å². The van der Waals surface area contributed by atoms with Gasteiger partial charge >= 0.3 is 0 Å². The Morgan fingerprint density at radius 2 is 2.44 bits per heavy atom. The van der Waals surface area contributed by atoms with Gasteiger partial charge in [-0.05, 0) is 12.1 Å². The molecular formula is C7H5FO. The zero-order chi connectivity index (χ0) is 6.69. The van der Waals surface area contributed by atoms with Gasteiger partial charge in [-0.25, -0.2) is 4.39 Å². The first-order valence-corrected chi connectivity index (χ1v) is 2.42. The average Bonchev–Trinajstić information content (AvgIpc) is 1.88. The summed E-state index contributed by atoms with van der Waals surface area (Å²) < 4.78 is 16.7. The molecule has 1 rings (SSSR count). The van der Waals surface area contributed by atoms with Crippen molar-refractivity contribution in [3.63, 3.8) is 0 Å². The first kappa shape index (κ1) is 6.08. The van der Waals surface area contributed by atoms with Crippen molar-refractivity contribution in [3.05, 3.63) is 37.2 Å². The van der Waals surface area contributed by atoms with Crippen molar-refractivity contribution in [2.45, 2.75) is 0 Å². The molecule has 0 aromatic heterocycles. The molecule has 9 heavy (non-hydrogen) atoms. The lowest BCUT2D eigenvalue weighted by Crippen LogP contribution is -1.79. The SMILES string of the molecule is [CH2]Oc1cc[c]c(F)c1. The van der Waals surface area contributed by atoms with Crippen LogP contribution in [0.4, 0.5) is 4.39 Å². The minimum atomic E-state index is -0.434. The molecule has 46 valence electrons. The van der Waals surface area contributed by atoms with Crippen LogP contribution >= 0.6 is 0 Å². The van der Waals surface area contributed by atoms with Gasteiger partial charge in [-0.15, -0.1) is 0 Å². The number of hydrogen-bond acceptors (Lipinski definition) is 1. The molecule has 0 aliphatic heterocycles. The summed E-state index contributed by atoms with van der Waals surface area (Å²) >= 11 is 0.